The molecule has 0 aromatic carbocycles. The molecule has 0 unspecified atom stereocenters. The van der Waals surface area contributed by atoms with Crippen molar-refractivity contribution in [3.8, 4) is 0 Å². The minimum Gasteiger partial charge on any atom is -0.313 e. The van der Waals surface area contributed by atoms with Gasteiger partial charge >= 0.3 is 0 Å². The van der Waals surface area contributed by atoms with Gasteiger partial charge in [0, 0.05) is 24.3 Å². The fourth-order valence-corrected chi connectivity index (χ4v) is 2.03. The number of hydrogen-bond acceptors (Lipinski definition) is 2. The van der Waals surface area contributed by atoms with Gasteiger partial charge in [-0.2, -0.15) is 5.10 Å². The van der Waals surface area contributed by atoms with E-state index < -0.39 is 0 Å². The second kappa shape index (κ2) is 7.49. The molecule has 0 saturated carbocycles. The van der Waals surface area contributed by atoms with Gasteiger partial charge in [0.15, 0.2) is 0 Å². The molecule has 17 heavy (non-hydrogen) atoms. The van der Waals surface area contributed by atoms with E-state index in [9.17, 15) is 0 Å². The molecular formula is C14H27N3. The lowest BCUT2D eigenvalue weighted by atomic mass is 10.1. The van der Waals surface area contributed by atoms with Gasteiger partial charge in [-0.1, -0.05) is 34.1 Å². The minimum absolute atomic E-state index is 0.655. The van der Waals surface area contributed by atoms with Gasteiger partial charge in [0.1, 0.15) is 0 Å². The van der Waals surface area contributed by atoms with Crippen molar-refractivity contribution in [1.82, 2.24) is 15.1 Å². The molecule has 0 saturated heterocycles. The highest BCUT2D eigenvalue weighted by Crippen LogP contribution is 2.13. The molecule has 0 amide bonds. The van der Waals surface area contributed by atoms with Crippen LogP contribution in [0, 0.1) is 5.92 Å². The Balaban J connectivity index is 2.71. The molecule has 0 bridgehead atoms. The number of nitrogens with one attached hydrogen (secondary N) is 1. The zero-order valence-corrected chi connectivity index (χ0v) is 11.8. The van der Waals surface area contributed by atoms with Crippen molar-refractivity contribution in [3.05, 3.63) is 17.5 Å². The Hall–Kier alpha value is -0.830. The Bertz CT molecular complexity index is 315. The summed E-state index contributed by atoms with van der Waals surface area (Å²) in [5.74, 6) is 0.655. The van der Waals surface area contributed by atoms with Gasteiger partial charge in [-0.15, -0.1) is 0 Å². The normalized spacial score (nSPS) is 11.4. The van der Waals surface area contributed by atoms with Crippen molar-refractivity contribution in [2.24, 2.45) is 5.92 Å². The van der Waals surface area contributed by atoms with Crippen LogP contribution in [0.4, 0.5) is 0 Å². The first-order valence-corrected chi connectivity index (χ1v) is 6.93. The van der Waals surface area contributed by atoms with Crippen molar-refractivity contribution < 1.29 is 0 Å². The molecule has 3 heteroatoms. The van der Waals surface area contributed by atoms with Gasteiger partial charge in [0.2, 0.25) is 0 Å². The smallest absolute Gasteiger partial charge is 0.0537 e. The molecule has 1 aromatic heterocycles. The van der Waals surface area contributed by atoms with Crippen LogP contribution in [0.2, 0.25) is 0 Å². The Morgan fingerprint density at radius 3 is 2.65 bits per heavy atom. The van der Waals surface area contributed by atoms with Crippen LogP contribution in [-0.4, -0.2) is 16.3 Å². The average Bonchev–Trinajstić information content (AvgIpc) is 2.62. The molecule has 0 radical (unpaired) electrons. The Morgan fingerprint density at radius 2 is 2.06 bits per heavy atom. The highest BCUT2D eigenvalue weighted by atomic mass is 15.3. The lowest BCUT2D eigenvalue weighted by Gasteiger charge is -2.11. The van der Waals surface area contributed by atoms with E-state index >= 15 is 0 Å². The molecule has 0 aliphatic heterocycles. The van der Waals surface area contributed by atoms with Crippen molar-refractivity contribution >= 4 is 0 Å². The summed E-state index contributed by atoms with van der Waals surface area (Å²) in [4.78, 5) is 0. The van der Waals surface area contributed by atoms with Gasteiger partial charge in [-0.05, 0) is 25.3 Å². The predicted molar refractivity (Wildman–Crippen MR) is 73.1 cm³/mol. The first-order valence-electron chi connectivity index (χ1n) is 6.93. The number of hydrogen-bond donors (Lipinski definition) is 1. The van der Waals surface area contributed by atoms with Crippen LogP contribution in [0.5, 0.6) is 0 Å². The summed E-state index contributed by atoms with van der Waals surface area (Å²) >= 11 is 0. The van der Waals surface area contributed by atoms with E-state index in [-0.39, 0.29) is 0 Å². The topological polar surface area (TPSA) is 29.9 Å². The van der Waals surface area contributed by atoms with E-state index in [1.54, 1.807) is 0 Å². The molecule has 98 valence electrons. The maximum absolute atomic E-state index is 4.53. The first-order chi connectivity index (χ1) is 8.19. The highest BCUT2D eigenvalue weighted by Gasteiger charge is 2.10. The molecule has 1 aromatic rings. The van der Waals surface area contributed by atoms with Crippen LogP contribution < -0.4 is 5.32 Å². The molecule has 1 N–H and O–H groups in total. The van der Waals surface area contributed by atoms with Crippen LogP contribution in [-0.2, 0) is 19.5 Å². The van der Waals surface area contributed by atoms with E-state index in [4.69, 9.17) is 0 Å². The van der Waals surface area contributed by atoms with E-state index in [0.717, 1.165) is 26.1 Å². The van der Waals surface area contributed by atoms with Crippen LogP contribution in [0.3, 0.4) is 0 Å². The summed E-state index contributed by atoms with van der Waals surface area (Å²) in [5.41, 5.74) is 2.80. The number of rotatable bonds is 8. The van der Waals surface area contributed by atoms with Crippen molar-refractivity contribution in [2.45, 2.75) is 60.0 Å². The van der Waals surface area contributed by atoms with Crippen LogP contribution in [0.15, 0.2) is 6.20 Å². The second-order valence-electron chi connectivity index (χ2n) is 5.12. The fraction of sp³-hybridized carbons (Fsp3) is 0.786. The summed E-state index contributed by atoms with van der Waals surface area (Å²) in [6, 6.07) is 0. The summed E-state index contributed by atoms with van der Waals surface area (Å²) in [6.45, 7) is 12.0. The molecule has 0 spiro atoms. The van der Waals surface area contributed by atoms with Crippen molar-refractivity contribution in [1.29, 1.82) is 0 Å². The van der Waals surface area contributed by atoms with E-state index in [1.807, 2.05) is 6.20 Å². The zero-order valence-electron chi connectivity index (χ0n) is 11.8. The first kappa shape index (κ1) is 14.2. The minimum atomic E-state index is 0.655. The third-order valence-electron chi connectivity index (χ3n) is 2.80. The van der Waals surface area contributed by atoms with Crippen LogP contribution in [0.1, 0.15) is 51.8 Å². The van der Waals surface area contributed by atoms with Gasteiger partial charge < -0.3 is 5.32 Å². The predicted octanol–water partition coefficient (Wildman–Crippen LogP) is 2.99. The van der Waals surface area contributed by atoms with Crippen molar-refractivity contribution in [3.63, 3.8) is 0 Å². The summed E-state index contributed by atoms with van der Waals surface area (Å²) in [6.07, 6.45) is 5.54. The molecule has 1 rings (SSSR count). The molecule has 0 aliphatic carbocycles. The quantitative estimate of drug-likeness (QED) is 0.704. The molecule has 3 nitrogen and oxygen atoms in total. The SMILES string of the molecule is CCCNCc1cnn(CC(C)C)c1CCC. The maximum atomic E-state index is 4.53. The highest BCUT2D eigenvalue weighted by molar-refractivity contribution is 5.18. The van der Waals surface area contributed by atoms with Gasteiger partial charge in [0.25, 0.3) is 0 Å². The van der Waals surface area contributed by atoms with Gasteiger partial charge in [0.05, 0.1) is 6.20 Å². The van der Waals surface area contributed by atoms with Gasteiger partial charge in [-0.25, -0.2) is 0 Å². The average molecular weight is 237 g/mol. The number of aromatic nitrogens is 2. The molecule has 0 atom stereocenters. The lowest BCUT2D eigenvalue weighted by molar-refractivity contribution is 0.466. The van der Waals surface area contributed by atoms with Crippen molar-refractivity contribution in [2.75, 3.05) is 6.54 Å². The maximum Gasteiger partial charge on any atom is 0.0537 e. The van der Waals surface area contributed by atoms with Crippen LogP contribution >= 0.6 is 0 Å². The number of nitrogens with zero attached hydrogens (tertiary/aromatic N) is 2. The summed E-state index contributed by atoms with van der Waals surface area (Å²) < 4.78 is 2.19. The zero-order chi connectivity index (χ0) is 12.7. The molecule has 1 heterocycles. The van der Waals surface area contributed by atoms with E-state index in [2.05, 4.69) is 42.8 Å². The second-order valence-corrected chi connectivity index (χ2v) is 5.12. The van der Waals surface area contributed by atoms with Gasteiger partial charge in [-0.3, -0.25) is 4.68 Å². The lowest BCUT2D eigenvalue weighted by Crippen LogP contribution is -2.16. The van der Waals surface area contributed by atoms with Crippen LogP contribution in [0.25, 0.3) is 0 Å². The standard InChI is InChI=1S/C14H27N3/c1-5-7-14-13(9-15-8-6-2)10-16-17(14)11-12(3)4/h10,12,15H,5-9,11H2,1-4H3. The monoisotopic (exact) mass is 237 g/mol. The Labute approximate surface area is 106 Å². The molecule has 0 fully saturated rings. The molecular weight excluding hydrogens is 210 g/mol. The summed E-state index contributed by atoms with van der Waals surface area (Å²) in [7, 11) is 0. The largest absolute Gasteiger partial charge is 0.313 e. The Kier molecular flexibility index (Phi) is 6.27. The van der Waals surface area contributed by atoms with E-state index in [1.165, 1.54) is 24.1 Å². The molecule has 0 aliphatic rings. The summed E-state index contributed by atoms with van der Waals surface area (Å²) in [5, 5.41) is 7.99. The third kappa shape index (κ3) is 4.50. The Morgan fingerprint density at radius 1 is 1.29 bits per heavy atom. The fourth-order valence-electron chi connectivity index (χ4n) is 2.03. The third-order valence-corrected chi connectivity index (χ3v) is 2.80. The van der Waals surface area contributed by atoms with E-state index in [0.29, 0.717) is 5.92 Å².